The third-order valence-corrected chi connectivity index (χ3v) is 6.47. The third-order valence-electron chi connectivity index (χ3n) is 4.31. The maximum Gasteiger partial charge on any atom is 0.411 e. The van der Waals surface area contributed by atoms with Crippen LogP contribution in [0.25, 0.3) is 10.2 Å². The molecular formula is C16H14F3N5OS2. The minimum absolute atomic E-state index is 0.0632. The lowest BCUT2D eigenvalue weighted by Gasteiger charge is -2.37. The highest BCUT2D eigenvalue weighted by molar-refractivity contribution is 8.01. The van der Waals surface area contributed by atoms with Crippen molar-refractivity contribution in [1.82, 2.24) is 19.7 Å². The van der Waals surface area contributed by atoms with Gasteiger partial charge in [0.15, 0.2) is 10.4 Å². The fourth-order valence-corrected chi connectivity index (χ4v) is 5.02. The molecule has 2 aromatic heterocycles. The molecule has 1 aromatic carbocycles. The van der Waals surface area contributed by atoms with Crippen molar-refractivity contribution in [3.8, 4) is 0 Å². The fourth-order valence-electron chi connectivity index (χ4n) is 3.10. The van der Waals surface area contributed by atoms with Crippen molar-refractivity contribution in [2.24, 2.45) is 0 Å². The van der Waals surface area contributed by atoms with E-state index in [9.17, 15) is 18.0 Å². The average Bonchev–Trinajstić information content (AvgIpc) is 3.24. The molecule has 27 heavy (non-hydrogen) atoms. The van der Waals surface area contributed by atoms with Crippen LogP contribution in [-0.2, 0) is 4.79 Å². The number of carbonyl (C=O) groups excluding carboxylic acids is 1. The molecule has 1 aliphatic rings. The zero-order chi connectivity index (χ0) is 19.2. The number of aromatic nitrogens is 4. The number of amides is 1. The predicted octanol–water partition coefficient (Wildman–Crippen LogP) is 3.91. The van der Waals surface area contributed by atoms with Crippen molar-refractivity contribution in [1.29, 1.82) is 0 Å². The number of hydrogen-bond donors (Lipinski definition) is 0. The van der Waals surface area contributed by atoms with Gasteiger partial charge in [-0.25, -0.2) is 9.67 Å². The van der Waals surface area contributed by atoms with Gasteiger partial charge in [0.2, 0.25) is 11.9 Å². The molecule has 0 radical (unpaired) electrons. The van der Waals surface area contributed by atoms with Crippen molar-refractivity contribution < 1.29 is 18.0 Å². The zero-order valence-corrected chi connectivity index (χ0v) is 15.7. The Labute approximate surface area is 160 Å². The van der Waals surface area contributed by atoms with Crippen LogP contribution in [0.5, 0.6) is 0 Å². The van der Waals surface area contributed by atoms with Gasteiger partial charge < -0.3 is 0 Å². The summed E-state index contributed by atoms with van der Waals surface area (Å²) in [4.78, 5) is 22.4. The van der Waals surface area contributed by atoms with Gasteiger partial charge in [-0.1, -0.05) is 23.9 Å². The Kier molecular flexibility index (Phi) is 4.58. The Bertz CT molecular complexity index is 953. The molecular weight excluding hydrogens is 399 g/mol. The molecule has 6 nitrogen and oxygen atoms in total. The first-order valence-corrected chi connectivity index (χ1v) is 9.91. The molecule has 0 aliphatic carbocycles. The Morgan fingerprint density at radius 2 is 2.15 bits per heavy atom. The van der Waals surface area contributed by atoms with E-state index in [1.54, 1.807) is 6.92 Å². The molecule has 0 spiro atoms. The molecule has 11 heteroatoms. The summed E-state index contributed by atoms with van der Waals surface area (Å²) in [6, 6.07) is 5.25. The van der Waals surface area contributed by atoms with Crippen LogP contribution in [0, 0.1) is 0 Å². The maximum atomic E-state index is 13.3. The highest BCUT2D eigenvalue weighted by atomic mass is 32.2. The van der Waals surface area contributed by atoms with E-state index in [1.807, 2.05) is 24.3 Å². The number of nitrogens with zero attached hydrogens (tertiary/aromatic N) is 5. The summed E-state index contributed by atoms with van der Waals surface area (Å²) >= 11 is 2.75. The van der Waals surface area contributed by atoms with Crippen LogP contribution < -0.4 is 4.90 Å². The van der Waals surface area contributed by atoms with Gasteiger partial charge in [-0.2, -0.15) is 23.3 Å². The van der Waals surface area contributed by atoms with Crippen LogP contribution in [0.2, 0.25) is 0 Å². The average molecular weight is 413 g/mol. The van der Waals surface area contributed by atoms with E-state index in [-0.39, 0.29) is 24.0 Å². The van der Waals surface area contributed by atoms with Gasteiger partial charge in [-0.05, 0) is 25.5 Å². The molecule has 3 heterocycles. The van der Waals surface area contributed by atoms with Crippen molar-refractivity contribution in [3.63, 3.8) is 0 Å². The molecule has 0 saturated heterocycles. The number of para-hydroxylation sites is 1. The number of thioether (sulfide) groups is 1. The molecule has 2 atom stereocenters. The van der Waals surface area contributed by atoms with Gasteiger partial charge in [0.05, 0.1) is 16.0 Å². The Hall–Kier alpha value is -2.14. The quantitative estimate of drug-likeness (QED) is 0.609. The first-order valence-electron chi connectivity index (χ1n) is 8.11. The lowest BCUT2D eigenvalue weighted by atomic mass is 10.0. The molecule has 1 amide bonds. The van der Waals surface area contributed by atoms with E-state index in [2.05, 4.69) is 15.1 Å². The second kappa shape index (κ2) is 6.79. The van der Waals surface area contributed by atoms with Crippen molar-refractivity contribution in [2.45, 2.75) is 35.9 Å². The summed E-state index contributed by atoms with van der Waals surface area (Å²) in [6.07, 6.45) is -3.65. The van der Waals surface area contributed by atoms with Crippen LogP contribution in [0.1, 0.15) is 19.4 Å². The predicted molar refractivity (Wildman–Crippen MR) is 97.0 cm³/mol. The smallest absolute Gasteiger partial charge is 0.277 e. The largest absolute Gasteiger partial charge is 0.411 e. The fraction of sp³-hybridized carbons (Fsp3) is 0.375. The number of alkyl halides is 3. The Morgan fingerprint density at radius 1 is 1.37 bits per heavy atom. The highest BCUT2D eigenvalue weighted by Gasteiger charge is 2.48. The van der Waals surface area contributed by atoms with Gasteiger partial charge in [0.25, 0.3) is 0 Å². The number of carbonyl (C=O) groups is 1. The molecule has 4 rings (SSSR count). The van der Waals surface area contributed by atoms with Crippen molar-refractivity contribution in [3.05, 3.63) is 30.6 Å². The number of thiazole rings is 1. The lowest BCUT2D eigenvalue weighted by Crippen LogP contribution is -2.49. The minimum atomic E-state index is -4.44. The molecule has 0 saturated carbocycles. The number of anilines is 1. The van der Waals surface area contributed by atoms with E-state index >= 15 is 0 Å². The molecule has 1 aliphatic heterocycles. The lowest BCUT2D eigenvalue weighted by molar-refractivity contribution is -0.174. The Morgan fingerprint density at radius 3 is 2.89 bits per heavy atom. The second-order valence-electron chi connectivity index (χ2n) is 6.15. The van der Waals surface area contributed by atoms with E-state index in [0.29, 0.717) is 0 Å². The Balaban J connectivity index is 1.53. The van der Waals surface area contributed by atoms with Crippen molar-refractivity contribution in [2.75, 3.05) is 10.7 Å². The van der Waals surface area contributed by atoms with Gasteiger partial charge in [-0.3, -0.25) is 9.69 Å². The summed E-state index contributed by atoms with van der Waals surface area (Å²) in [5.74, 6) is -0.319. The van der Waals surface area contributed by atoms with Gasteiger partial charge in [0.1, 0.15) is 6.33 Å². The van der Waals surface area contributed by atoms with Crippen molar-refractivity contribution >= 4 is 45.2 Å². The number of halogens is 3. The summed E-state index contributed by atoms with van der Waals surface area (Å²) in [6.45, 7) is 1.59. The minimum Gasteiger partial charge on any atom is -0.277 e. The van der Waals surface area contributed by atoms with Gasteiger partial charge >= 0.3 is 6.18 Å². The van der Waals surface area contributed by atoms with Crippen LogP contribution in [-0.4, -0.2) is 43.6 Å². The van der Waals surface area contributed by atoms with E-state index in [4.69, 9.17) is 0 Å². The van der Waals surface area contributed by atoms with Crippen LogP contribution in [0.15, 0.2) is 34.9 Å². The standard InChI is InChI=1S/C16H14F3N5OS2/c1-9-6-12(16(17,18)19)24-14(20-8-21-24)23(9)13(25)7-26-15-22-10-4-2-3-5-11(10)27-15/h2-5,8-9,12H,6-7H2,1H3/t9-,12-/m0/s1. The van der Waals surface area contributed by atoms with Crippen LogP contribution in [0.3, 0.4) is 0 Å². The molecule has 0 unspecified atom stereocenters. The first-order chi connectivity index (χ1) is 12.8. The summed E-state index contributed by atoms with van der Waals surface area (Å²) < 4.78 is 42.4. The molecule has 3 aromatic rings. The maximum absolute atomic E-state index is 13.3. The number of benzene rings is 1. The van der Waals surface area contributed by atoms with E-state index in [1.165, 1.54) is 28.0 Å². The normalized spacial score (nSPS) is 20.1. The SMILES string of the molecule is C[C@H]1C[C@@H](C(F)(F)F)n2ncnc2N1C(=O)CSc1nc2ccccc2s1. The number of rotatable bonds is 3. The van der Waals surface area contributed by atoms with Gasteiger partial charge in [0, 0.05) is 6.04 Å². The zero-order valence-electron chi connectivity index (χ0n) is 14.1. The monoisotopic (exact) mass is 413 g/mol. The first kappa shape index (κ1) is 18.2. The molecule has 0 bridgehead atoms. The second-order valence-corrected chi connectivity index (χ2v) is 8.40. The summed E-state index contributed by atoms with van der Waals surface area (Å²) in [5, 5.41) is 3.69. The molecule has 0 fully saturated rings. The summed E-state index contributed by atoms with van der Waals surface area (Å²) in [5.41, 5.74) is 0.858. The summed E-state index contributed by atoms with van der Waals surface area (Å²) in [7, 11) is 0. The third kappa shape index (κ3) is 3.41. The highest BCUT2D eigenvalue weighted by Crippen LogP contribution is 2.40. The van der Waals surface area contributed by atoms with Gasteiger partial charge in [-0.15, -0.1) is 11.3 Å². The van der Waals surface area contributed by atoms with Crippen LogP contribution >= 0.6 is 23.1 Å². The number of hydrogen-bond acceptors (Lipinski definition) is 6. The van der Waals surface area contributed by atoms with Crippen LogP contribution in [0.4, 0.5) is 19.1 Å². The van der Waals surface area contributed by atoms with E-state index < -0.39 is 18.3 Å². The van der Waals surface area contributed by atoms with E-state index in [0.717, 1.165) is 25.6 Å². The molecule has 142 valence electrons. The topological polar surface area (TPSA) is 63.9 Å². The number of fused-ring (bicyclic) bond motifs is 2. The molecule has 0 N–H and O–H groups in total.